The fourth-order valence-corrected chi connectivity index (χ4v) is 3.09. The van der Waals surface area contributed by atoms with Crippen molar-refractivity contribution in [2.45, 2.75) is 63.1 Å². The molecule has 2 aliphatic rings. The summed E-state index contributed by atoms with van der Waals surface area (Å²) in [5, 5.41) is 17.5. The standard InChI is InChI=1S/C10H18N2.C5H10NO2S.ClH.Pt/c1-3-7-11-9(5-1)10-6-2-4-8-12-10;1-9-3-2-4(6)5(7)8;;/h9-10H,1-8H2;4,6H,2-3H2,1H3,(H,7,8);1H;/q-2;-1;;+1/p-1. The van der Waals surface area contributed by atoms with Gasteiger partial charge in [-0.05, 0) is 18.1 Å². The molecule has 0 bridgehead atoms. The first-order valence-corrected chi connectivity index (χ1v) is 12.2. The summed E-state index contributed by atoms with van der Waals surface area (Å²) >= 11 is 3.18. The number of nitrogens with zero attached hydrogens (tertiary/aromatic N) is 2. The molecule has 0 saturated carbocycles. The van der Waals surface area contributed by atoms with Gasteiger partial charge in [-0.25, -0.2) is 0 Å². The number of carbonyl (C=O) groups is 1. The first kappa shape index (κ1) is 23.7. The maximum absolute atomic E-state index is 10.0. The molecule has 0 aromatic rings. The number of rotatable bonds is 5. The van der Waals surface area contributed by atoms with E-state index in [2.05, 4.69) is 20.1 Å². The zero-order valence-electron chi connectivity index (χ0n) is 13.7. The molecule has 23 heavy (non-hydrogen) atoms. The van der Waals surface area contributed by atoms with Crippen molar-refractivity contribution in [1.29, 1.82) is 0 Å². The molecule has 3 atom stereocenters. The Bertz CT molecular complexity index is 276. The van der Waals surface area contributed by atoms with E-state index < -0.39 is 12.0 Å². The molecular weight excluding hydrogens is 517 g/mol. The summed E-state index contributed by atoms with van der Waals surface area (Å²) in [6.07, 6.45) is 10.3. The van der Waals surface area contributed by atoms with Crippen LogP contribution >= 0.6 is 21.2 Å². The van der Waals surface area contributed by atoms with Crippen LogP contribution in [0.1, 0.15) is 44.9 Å². The monoisotopic (exact) mass is 544 g/mol. The predicted molar refractivity (Wildman–Crippen MR) is 96.3 cm³/mol. The molecule has 0 aromatic carbocycles. The second-order valence-corrected chi connectivity index (χ2v) is 6.60. The van der Waals surface area contributed by atoms with Crippen molar-refractivity contribution in [3.63, 3.8) is 0 Å². The second-order valence-electron chi connectivity index (χ2n) is 5.61. The molecule has 2 N–H and O–H groups in total. The number of piperidine rings is 2. The molecule has 5 nitrogen and oxygen atoms in total. The molecular formula is C15H28ClN3O2PtS-3. The van der Waals surface area contributed by atoms with Crippen molar-refractivity contribution in [2.75, 3.05) is 25.1 Å². The molecule has 2 aliphatic heterocycles. The van der Waals surface area contributed by atoms with E-state index in [1.807, 2.05) is 6.26 Å². The number of nitrogens with one attached hydrogen (secondary N) is 1. The normalized spacial score (nSPS) is 25.3. The third-order valence-electron chi connectivity index (χ3n) is 3.90. The molecule has 2 saturated heterocycles. The van der Waals surface area contributed by atoms with E-state index in [1.54, 1.807) is 30.5 Å². The van der Waals surface area contributed by atoms with Gasteiger partial charge in [-0.3, -0.25) is 4.79 Å². The molecule has 141 valence electrons. The fourth-order valence-electron chi connectivity index (χ4n) is 2.61. The Labute approximate surface area is 160 Å². The molecule has 2 rings (SSSR count). The van der Waals surface area contributed by atoms with Gasteiger partial charge < -0.3 is 21.5 Å². The molecule has 2 heterocycles. The van der Waals surface area contributed by atoms with Crippen LogP contribution in [0.3, 0.4) is 0 Å². The summed E-state index contributed by atoms with van der Waals surface area (Å²) < 4.78 is 0. The van der Waals surface area contributed by atoms with E-state index >= 15 is 0 Å². The Morgan fingerprint density at radius 3 is 2.00 bits per heavy atom. The average Bonchev–Trinajstić information content (AvgIpc) is 2.63. The van der Waals surface area contributed by atoms with Gasteiger partial charge in [0.05, 0.1) is 0 Å². The third kappa shape index (κ3) is 11.8. The Balaban J connectivity index is 0.000000396. The number of halogens is 1. The fraction of sp³-hybridized carbons (Fsp3) is 0.933. The van der Waals surface area contributed by atoms with Crippen LogP contribution in [0.15, 0.2) is 0 Å². The van der Waals surface area contributed by atoms with Gasteiger partial charge in [0, 0.05) is 0 Å². The van der Waals surface area contributed by atoms with Crippen LogP contribution in [0.5, 0.6) is 0 Å². The molecule has 0 spiro atoms. The number of carboxylic acid groups (broad SMARTS) is 1. The van der Waals surface area contributed by atoms with E-state index in [1.165, 1.54) is 38.5 Å². The summed E-state index contributed by atoms with van der Waals surface area (Å²) in [7, 11) is 4.61. The number of hydrogen-bond acceptors (Lipinski definition) is 2. The van der Waals surface area contributed by atoms with Crippen molar-refractivity contribution in [2.24, 2.45) is 0 Å². The summed E-state index contributed by atoms with van der Waals surface area (Å²) in [4.78, 5) is 10.0. The van der Waals surface area contributed by atoms with Crippen molar-refractivity contribution in [3.8, 4) is 0 Å². The van der Waals surface area contributed by atoms with Crippen LogP contribution in [0.4, 0.5) is 0 Å². The molecule has 0 radical (unpaired) electrons. The van der Waals surface area contributed by atoms with E-state index in [0.29, 0.717) is 18.5 Å². The summed E-state index contributed by atoms with van der Waals surface area (Å²) in [6.45, 7) is 2.19. The Hall–Kier alpha value is 0.678. The first-order chi connectivity index (χ1) is 11.1. The molecule has 0 aliphatic carbocycles. The Morgan fingerprint density at radius 1 is 1.22 bits per heavy atom. The van der Waals surface area contributed by atoms with Crippen LogP contribution in [0.2, 0.25) is 0 Å². The average molecular weight is 545 g/mol. The van der Waals surface area contributed by atoms with Gasteiger partial charge in [0.25, 0.3) is 5.97 Å². The van der Waals surface area contributed by atoms with Gasteiger partial charge in [-0.2, -0.15) is 23.8 Å². The maximum atomic E-state index is 10.0. The zero-order valence-corrected chi connectivity index (χ0v) is 17.5. The van der Waals surface area contributed by atoms with E-state index in [-0.39, 0.29) is 0 Å². The molecule has 8 heteroatoms. The number of thioether (sulfide) groups is 1. The topological polar surface area (TPSA) is 89.3 Å². The van der Waals surface area contributed by atoms with Crippen LogP contribution < -0.4 is 0 Å². The molecule has 0 aromatic heterocycles. The van der Waals surface area contributed by atoms with E-state index in [9.17, 15) is 4.79 Å². The summed E-state index contributed by atoms with van der Waals surface area (Å²) in [6, 6.07) is 0.260. The van der Waals surface area contributed by atoms with Gasteiger partial charge in [-0.15, -0.1) is 13.1 Å². The first-order valence-electron chi connectivity index (χ1n) is 8.03. The minimum atomic E-state index is -1.02. The SMILES string of the molecule is C1CCC(C2CCCC[N-]2)[N-]C1.CSCCC([NH-])C(=O)O.[Cl][Pt]. The van der Waals surface area contributed by atoms with E-state index in [4.69, 9.17) is 10.8 Å². The molecule has 2 fully saturated rings. The molecule has 3 unspecified atom stereocenters. The van der Waals surface area contributed by atoms with Crippen LogP contribution in [0.25, 0.3) is 16.4 Å². The predicted octanol–water partition coefficient (Wildman–Crippen LogP) is 4.77. The molecule has 0 amide bonds. The Kier molecular flexibility index (Phi) is 16.6. The summed E-state index contributed by atoms with van der Waals surface area (Å²) in [5.41, 5.74) is 6.92. The van der Waals surface area contributed by atoms with Gasteiger partial charge in [-0.1, -0.05) is 44.9 Å². The van der Waals surface area contributed by atoms with Gasteiger partial charge >= 0.3 is 28.2 Å². The van der Waals surface area contributed by atoms with Crippen LogP contribution in [-0.4, -0.2) is 54.3 Å². The van der Waals surface area contributed by atoms with Gasteiger partial charge in [0.2, 0.25) is 0 Å². The van der Waals surface area contributed by atoms with Crippen LogP contribution in [-0.2, 0) is 23.6 Å². The zero-order chi connectivity index (χ0) is 17.5. The van der Waals surface area contributed by atoms with Gasteiger partial charge in [0.1, 0.15) is 0 Å². The summed E-state index contributed by atoms with van der Waals surface area (Å²) in [5.74, 6) is -0.274. The van der Waals surface area contributed by atoms with Gasteiger partial charge in [0.15, 0.2) is 0 Å². The van der Waals surface area contributed by atoms with E-state index in [0.717, 1.165) is 18.8 Å². The third-order valence-corrected chi connectivity index (χ3v) is 4.54. The Morgan fingerprint density at radius 2 is 1.70 bits per heavy atom. The number of aliphatic carboxylic acids is 1. The number of carboxylic acids is 1. The quantitative estimate of drug-likeness (QED) is 0.540. The van der Waals surface area contributed by atoms with Crippen molar-refractivity contribution >= 4 is 27.1 Å². The van der Waals surface area contributed by atoms with Crippen molar-refractivity contribution < 1.29 is 28.7 Å². The van der Waals surface area contributed by atoms with Crippen molar-refractivity contribution in [1.82, 2.24) is 0 Å². The van der Waals surface area contributed by atoms with Crippen molar-refractivity contribution in [3.05, 3.63) is 16.4 Å². The minimum absolute atomic E-state index is 0.441. The number of hydrogen-bond donors (Lipinski definition) is 1. The second kappa shape index (κ2) is 16.2. The van der Waals surface area contributed by atoms with Crippen LogP contribution in [0, 0.1) is 0 Å².